The van der Waals surface area contributed by atoms with Crippen molar-refractivity contribution in [2.45, 2.75) is 45.5 Å². The first-order chi connectivity index (χ1) is 4.48. The van der Waals surface area contributed by atoms with E-state index < -0.39 is 8.32 Å². The monoisotopic (exact) mass is 262 g/mol. The van der Waals surface area contributed by atoms with Gasteiger partial charge in [-0.3, -0.25) is 0 Å². The van der Waals surface area contributed by atoms with Crippen molar-refractivity contribution in [3.63, 3.8) is 0 Å². The molecule has 0 spiro atoms. The molecule has 0 radical (unpaired) electrons. The van der Waals surface area contributed by atoms with Crippen molar-refractivity contribution in [3.8, 4) is 0 Å². The Balaban J connectivity index is -0.000000405. The van der Waals surface area contributed by atoms with E-state index in [0.717, 1.165) is 6.42 Å². The van der Waals surface area contributed by atoms with Gasteiger partial charge in [-0.15, -0.1) is 0 Å². The zero-order valence-corrected chi connectivity index (χ0v) is 12.7. The fourth-order valence-corrected chi connectivity index (χ4v) is 3.37. The zero-order chi connectivity index (χ0) is 8.20. The minimum Gasteiger partial charge on any atom is -1.00 e. The first-order valence-corrected chi connectivity index (χ1v) is 7.06. The minimum absolute atomic E-state index is 0. The SMILES string of the molecule is [Br-].[CH2-]CC[Si](C)(C)OC(C)C.[Mg+2]. The quantitative estimate of drug-likeness (QED) is 0.489. The summed E-state index contributed by atoms with van der Waals surface area (Å²) in [5.41, 5.74) is 0. The Bertz CT molecular complexity index is 99.1. The van der Waals surface area contributed by atoms with Crippen LogP contribution in [0.5, 0.6) is 0 Å². The van der Waals surface area contributed by atoms with Crippen LogP contribution in [0.3, 0.4) is 0 Å². The second kappa shape index (κ2) is 9.00. The second-order valence-corrected chi connectivity index (χ2v) is 7.78. The summed E-state index contributed by atoms with van der Waals surface area (Å²) in [4.78, 5) is 0. The molecule has 0 fully saturated rings. The van der Waals surface area contributed by atoms with Crippen molar-refractivity contribution in [1.29, 1.82) is 0 Å². The van der Waals surface area contributed by atoms with Crippen molar-refractivity contribution in [2.75, 3.05) is 0 Å². The Kier molecular flexibility index (Phi) is 14.3. The first-order valence-electron chi connectivity index (χ1n) is 3.95. The van der Waals surface area contributed by atoms with Gasteiger partial charge in [0.05, 0.1) is 0 Å². The van der Waals surface area contributed by atoms with Crippen LogP contribution in [0, 0.1) is 6.92 Å². The van der Waals surface area contributed by atoms with E-state index in [1.165, 1.54) is 6.04 Å². The molecule has 12 heavy (non-hydrogen) atoms. The molecule has 0 aliphatic heterocycles. The summed E-state index contributed by atoms with van der Waals surface area (Å²) in [5.74, 6) is 0. The average molecular weight is 264 g/mol. The van der Waals surface area contributed by atoms with Gasteiger partial charge in [0.25, 0.3) is 0 Å². The summed E-state index contributed by atoms with van der Waals surface area (Å²) < 4.78 is 5.78. The molecule has 0 unspecified atom stereocenters. The van der Waals surface area contributed by atoms with Gasteiger partial charge in [-0.05, 0) is 26.9 Å². The molecule has 0 bridgehead atoms. The topological polar surface area (TPSA) is 9.23 Å². The van der Waals surface area contributed by atoms with E-state index in [1.54, 1.807) is 0 Å². The second-order valence-electron chi connectivity index (χ2n) is 3.53. The molecule has 0 rings (SSSR count). The van der Waals surface area contributed by atoms with Gasteiger partial charge in [-0.2, -0.15) is 6.42 Å². The molecule has 0 atom stereocenters. The molecular weight excluding hydrogens is 244 g/mol. The van der Waals surface area contributed by atoms with Gasteiger partial charge >= 0.3 is 23.1 Å². The molecule has 0 heterocycles. The molecule has 0 aromatic heterocycles. The van der Waals surface area contributed by atoms with E-state index in [1.807, 2.05) is 0 Å². The molecule has 0 aromatic rings. The van der Waals surface area contributed by atoms with Crippen molar-refractivity contribution >= 4 is 31.4 Å². The molecule has 4 heteroatoms. The number of halogens is 1. The summed E-state index contributed by atoms with van der Waals surface area (Å²) in [7, 11) is -1.33. The molecule has 0 saturated heterocycles. The normalized spacial score (nSPS) is 10.5. The van der Waals surface area contributed by atoms with Crippen LogP contribution in [-0.2, 0) is 4.43 Å². The van der Waals surface area contributed by atoms with Crippen LogP contribution in [0.2, 0.25) is 19.1 Å². The van der Waals surface area contributed by atoms with Crippen LogP contribution in [-0.4, -0.2) is 37.5 Å². The predicted octanol–water partition coefficient (Wildman–Crippen LogP) is -0.536. The summed E-state index contributed by atoms with van der Waals surface area (Å²) in [6, 6.07) is 1.17. The summed E-state index contributed by atoms with van der Waals surface area (Å²) in [5, 5.41) is 0. The molecular formula is C8H19BrMgOSi. The van der Waals surface area contributed by atoms with Crippen LogP contribution in [0.15, 0.2) is 0 Å². The van der Waals surface area contributed by atoms with Gasteiger partial charge in [-0.1, -0.05) is 6.04 Å². The standard InChI is InChI=1S/C8H19OSi.BrH.Mg/c1-6-7-10(4,5)9-8(2)3;;/h8H,1,6-7H2,2-5H3;1H;/q-1;;+2/p-1. The fraction of sp³-hybridized carbons (Fsp3) is 0.875. The van der Waals surface area contributed by atoms with Crippen LogP contribution in [0.25, 0.3) is 0 Å². The van der Waals surface area contributed by atoms with Crippen molar-refractivity contribution < 1.29 is 21.4 Å². The van der Waals surface area contributed by atoms with Crippen molar-refractivity contribution in [2.24, 2.45) is 0 Å². The van der Waals surface area contributed by atoms with E-state index in [9.17, 15) is 0 Å². The van der Waals surface area contributed by atoms with Gasteiger partial charge in [0.15, 0.2) is 8.32 Å². The third kappa shape index (κ3) is 11.4. The van der Waals surface area contributed by atoms with Gasteiger partial charge < -0.3 is 28.3 Å². The van der Waals surface area contributed by atoms with E-state index in [4.69, 9.17) is 4.43 Å². The van der Waals surface area contributed by atoms with Crippen molar-refractivity contribution in [1.82, 2.24) is 0 Å². The predicted molar refractivity (Wildman–Crippen MR) is 54.2 cm³/mol. The van der Waals surface area contributed by atoms with Crippen LogP contribution >= 0.6 is 0 Å². The van der Waals surface area contributed by atoms with E-state index >= 15 is 0 Å². The third-order valence-electron chi connectivity index (χ3n) is 1.33. The maximum absolute atomic E-state index is 5.78. The molecule has 0 saturated carbocycles. The van der Waals surface area contributed by atoms with Gasteiger partial charge in [0.2, 0.25) is 0 Å². The largest absolute Gasteiger partial charge is 2.00 e. The molecule has 1 nitrogen and oxygen atoms in total. The Hall–Kier alpha value is 1.42. The van der Waals surface area contributed by atoms with E-state index in [2.05, 4.69) is 33.9 Å². The van der Waals surface area contributed by atoms with Gasteiger partial charge in [0.1, 0.15) is 0 Å². The maximum Gasteiger partial charge on any atom is 2.00 e. The molecule has 0 amide bonds. The Morgan fingerprint density at radius 1 is 1.33 bits per heavy atom. The Labute approximate surface area is 105 Å². The molecule has 70 valence electrons. The summed E-state index contributed by atoms with van der Waals surface area (Å²) in [6.07, 6.45) is 1.39. The minimum atomic E-state index is -1.33. The molecule has 0 aromatic carbocycles. The van der Waals surface area contributed by atoms with Crippen LogP contribution in [0.1, 0.15) is 20.3 Å². The molecule has 0 N–H and O–H groups in total. The third-order valence-corrected chi connectivity index (χ3v) is 4.00. The summed E-state index contributed by atoms with van der Waals surface area (Å²) >= 11 is 0. The van der Waals surface area contributed by atoms with Gasteiger partial charge in [-0.25, -0.2) is 0 Å². The Morgan fingerprint density at radius 3 is 2.00 bits per heavy atom. The first kappa shape index (κ1) is 19.1. The van der Waals surface area contributed by atoms with Crippen LogP contribution in [0.4, 0.5) is 0 Å². The van der Waals surface area contributed by atoms with Crippen LogP contribution < -0.4 is 17.0 Å². The smallest absolute Gasteiger partial charge is 1.00 e. The summed E-state index contributed by atoms with van der Waals surface area (Å²) in [6.45, 7) is 12.5. The zero-order valence-electron chi connectivity index (χ0n) is 8.69. The number of rotatable bonds is 4. The van der Waals surface area contributed by atoms with Gasteiger partial charge in [0, 0.05) is 6.10 Å². The molecule has 0 aliphatic carbocycles. The van der Waals surface area contributed by atoms with E-state index in [0.29, 0.717) is 6.10 Å². The molecule has 0 aliphatic rings. The number of hydrogen-bond acceptors (Lipinski definition) is 1. The van der Waals surface area contributed by atoms with E-state index in [-0.39, 0.29) is 40.0 Å². The van der Waals surface area contributed by atoms with Crippen molar-refractivity contribution in [3.05, 3.63) is 6.92 Å². The fourth-order valence-electron chi connectivity index (χ4n) is 1.12. The number of hydrogen-bond donors (Lipinski definition) is 0. The maximum atomic E-state index is 5.78. The average Bonchev–Trinajstić information content (AvgIpc) is 1.59. The Morgan fingerprint density at radius 2 is 1.75 bits per heavy atom.